The fourth-order valence-electron chi connectivity index (χ4n) is 3.01. The van der Waals surface area contributed by atoms with E-state index in [2.05, 4.69) is 0 Å². The topological polar surface area (TPSA) is 68.3 Å². The van der Waals surface area contributed by atoms with Crippen LogP contribution in [0.2, 0.25) is 0 Å². The highest BCUT2D eigenvalue weighted by molar-refractivity contribution is 5.95. The van der Waals surface area contributed by atoms with E-state index in [0.717, 1.165) is 6.42 Å². The molecule has 2 aliphatic heterocycles. The highest BCUT2D eigenvalue weighted by Gasteiger charge is 2.25. The van der Waals surface area contributed by atoms with E-state index in [4.69, 9.17) is 14.2 Å². The van der Waals surface area contributed by atoms with E-state index >= 15 is 0 Å². The first-order valence-electron chi connectivity index (χ1n) is 8.12. The van der Waals surface area contributed by atoms with Gasteiger partial charge in [0.1, 0.15) is 13.2 Å². The van der Waals surface area contributed by atoms with E-state index in [1.165, 1.54) is 0 Å². The Balaban J connectivity index is 1.81. The quantitative estimate of drug-likeness (QED) is 0.812. The smallest absolute Gasteiger partial charge is 0.254 e. The molecule has 0 aromatic heterocycles. The normalized spacial score (nSPS) is 17.2. The predicted molar refractivity (Wildman–Crippen MR) is 86.8 cm³/mol. The number of benzene rings is 1. The van der Waals surface area contributed by atoms with Gasteiger partial charge in [0.25, 0.3) is 5.91 Å². The first kappa shape index (κ1) is 16.4. The molecule has 1 fully saturated rings. The standard InChI is InChI=1S/C17H22N2O5/c1-12(20)18-4-3-5-19(7-6-18)17(21)13-10-14(22-2)16-15(11-13)23-8-9-24-16/h10-11H,3-9H2,1-2H3. The lowest BCUT2D eigenvalue weighted by Gasteiger charge is -2.24. The minimum Gasteiger partial charge on any atom is -0.493 e. The maximum absolute atomic E-state index is 12.9. The number of fused-ring (bicyclic) bond motifs is 1. The average Bonchev–Trinajstić information content (AvgIpc) is 2.86. The second kappa shape index (κ2) is 6.98. The van der Waals surface area contributed by atoms with E-state index in [-0.39, 0.29) is 11.8 Å². The van der Waals surface area contributed by atoms with Crippen LogP contribution in [0.25, 0.3) is 0 Å². The summed E-state index contributed by atoms with van der Waals surface area (Å²) in [5.74, 6) is 1.53. The first-order valence-corrected chi connectivity index (χ1v) is 8.12. The Morgan fingerprint density at radius 3 is 2.50 bits per heavy atom. The molecule has 0 radical (unpaired) electrons. The van der Waals surface area contributed by atoms with E-state index in [1.54, 1.807) is 36.0 Å². The number of carbonyl (C=O) groups is 2. The zero-order chi connectivity index (χ0) is 17.1. The van der Waals surface area contributed by atoms with Crippen LogP contribution in [-0.2, 0) is 4.79 Å². The Morgan fingerprint density at radius 1 is 1.04 bits per heavy atom. The molecule has 1 aromatic carbocycles. The van der Waals surface area contributed by atoms with Crippen LogP contribution in [0.15, 0.2) is 12.1 Å². The lowest BCUT2D eigenvalue weighted by molar-refractivity contribution is -0.128. The van der Waals surface area contributed by atoms with Crippen LogP contribution in [0, 0.1) is 0 Å². The molecule has 3 rings (SSSR count). The number of hydrogen-bond donors (Lipinski definition) is 0. The molecule has 0 unspecified atom stereocenters. The molecule has 0 aliphatic carbocycles. The number of hydrogen-bond acceptors (Lipinski definition) is 5. The van der Waals surface area contributed by atoms with Gasteiger partial charge in [-0.1, -0.05) is 0 Å². The summed E-state index contributed by atoms with van der Waals surface area (Å²) >= 11 is 0. The van der Waals surface area contributed by atoms with E-state index < -0.39 is 0 Å². The summed E-state index contributed by atoms with van der Waals surface area (Å²) in [6.07, 6.45) is 0.771. The van der Waals surface area contributed by atoms with Crippen LogP contribution in [0.5, 0.6) is 17.2 Å². The van der Waals surface area contributed by atoms with Crippen molar-refractivity contribution < 1.29 is 23.8 Å². The molecule has 130 valence electrons. The Labute approximate surface area is 141 Å². The van der Waals surface area contributed by atoms with Crippen LogP contribution in [-0.4, -0.2) is 68.1 Å². The van der Waals surface area contributed by atoms with Crippen LogP contribution in [0.3, 0.4) is 0 Å². The fourth-order valence-corrected chi connectivity index (χ4v) is 3.01. The van der Waals surface area contributed by atoms with Crippen molar-refractivity contribution in [3.8, 4) is 17.2 Å². The van der Waals surface area contributed by atoms with Crippen molar-refractivity contribution in [2.45, 2.75) is 13.3 Å². The lowest BCUT2D eigenvalue weighted by atomic mass is 10.1. The second-order valence-corrected chi connectivity index (χ2v) is 5.85. The third-order valence-corrected chi connectivity index (χ3v) is 4.30. The highest BCUT2D eigenvalue weighted by Crippen LogP contribution is 2.40. The molecule has 2 heterocycles. The van der Waals surface area contributed by atoms with Gasteiger partial charge in [0.15, 0.2) is 11.5 Å². The molecule has 7 nitrogen and oxygen atoms in total. The summed E-state index contributed by atoms with van der Waals surface area (Å²) in [6.45, 7) is 4.86. The largest absolute Gasteiger partial charge is 0.493 e. The van der Waals surface area contributed by atoms with Crippen molar-refractivity contribution in [3.63, 3.8) is 0 Å². The van der Waals surface area contributed by atoms with Crippen molar-refractivity contribution in [1.82, 2.24) is 9.80 Å². The van der Waals surface area contributed by atoms with Gasteiger partial charge in [0.2, 0.25) is 11.7 Å². The molecule has 7 heteroatoms. The highest BCUT2D eigenvalue weighted by atomic mass is 16.6. The van der Waals surface area contributed by atoms with E-state index in [1.807, 2.05) is 0 Å². The zero-order valence-electron chi connectivity index (χ0n) is 14.0. The summed E-state index contributed by atoms with van der Waals surface area (Å²) in [7, 11) is 1.54. The zero-order valence-corrected chi connectivity index (χ0v) is 14.0. The summed E-state index contributed by atoms with van der Waals surface area (Å²) in [4.78, 5) is 27.9. The maximum Gasteiger partial charge on any atom is 0.254 e. The van der Waals surface area contributed by atoms with Crippen LogP contribution >= 0.6 is 0 Å². The Morgan fingerprint density at radius 2 is 1.75 bits per heavy atom. The Kier molecular flexibility index (Phi) is 4.78. The summed E-state index contributed by atoms with van der Waals surface area (Å²) in [5.41, 5.74) is 0.507. The first-order chi connectivity index (χ1) is 11.6. The molecular weight excluding hydrogens is 312 g/mol. The number of methoxy groups -OCH3 is 1. The molecule has 0 atom stereocenters. The molecule has 1 aromatic rings. The van der Waals surface area contributed by atoms with Gasteiger partial charge in [-0.25, -0.2) is 0 Å². The van der Waals surface area contributed by atoms with Crippen molar-refractivity contribution in [3.05, 3.63) is 17.7 Å². The molecule has 0 N–H and O–H groups in total. The number of carbonyl (C=O) groups excluding carboxylic acids is 2. The number of amides is 2. The van der Waals surface area contributed by atoms with E-state index in [9.17, 15) is 9.59 Å². The van der Waals surface area contributed by atoms with Gasteiger partial charge < -0.3 is 24.0 Å². The third kappa shape index (κ3) is 3.25. The van der Waals surface area contributed by atoms with Crippen LogP contribution < -0.4 is 14.2 Å². The monoisotopic (exact) mass is 334 g/mol. The number of rotatable bonds is 2. The molecule has 0 spiro atoms. The molecule has 2 amide bonds. The van der Waals surface area contributed by atoms with Crippen molar-refractivity contribution in [1.29, 1.82) is 0 Å². The molecule has 24 heavy (non-hydrogen) atoms. The van der Waals surface area contributed by atoms with Gasteiger partial charge in [0.05, 0.1) is 7.11 Å². The lowest BCUT2D eigenvalue weighted by Crippen LogP contribution is -2.36. The predicted octanol–water partition coefficient (Wildman–Crippen LogP) is 1.16. The number of nitrogens with zero attached hydrogens (tertiary/aromatic N) is 2. The molecule has 1 saturated heterocycles. The third-order valence-electron chi connectivity index (χ3n) is 4.30. The van der Waals surface area contributed by atoms with Gasteiger partial charge in [-0.15, -0.1) is 0 Å². The molecule has 2 aliphatic rings. The van der Waals surface area contributed by atoms with Gasteiger partial charge in [-0.05, 0) is 18.6 Å². The Bertz CT molecular complexity index is 629. The summed E-state index contributed by atoms with van der Waals surface area (Å²) in [5, 5.41) is 0. The molecule has 0 bridgehead atoms. The van der Waals surface area contributed by atoms with Crippen LogP contribution in [0.1, 0.15) is 23.7 Å². The van der Waals surface area contributed by atoms with Crippen LogP contribution in [0.4, 0.5) is 0 Å². The van der Waals surface area contributed by atoms with E-state index in [0.29, 0.717) is 62.2 Å². The SMILES string of the molecule is COc1cc(C(=O)N2CCCN(C(C)=O)CC2)cc2c1OCCO2. The van der Waals surface area contributed by atoms with Crippen molar-refractivity contribution in [2.75, 3.05) is 46.5 Å². The Hall–Kier alpha value is -2.44. The van der Waals surface area contributed by atoms with Gasteiger partial charge in [-0.2, -0.15) is 0 Å². The van der Waals surface area contributed by atoms with Gasteiger partial charge >= 0.3 is 0 Å². The van der Waals surface area contributed by atoms with Crippen molar-refractivity contribution in [2.24, 2.45) is 0 Å². The minimum absolute atomic E-state index is 0.0466. The van der Waals surface area contributed by atoms with Gasteiger partial charge in [0, 0.05) is 38.7 Å². The average molecular weight is 334 g/mol. The fraction of sp³-hybridized carbons (Fsp3) is 0.529. The number of ether oxygens (including phenoxy) is 3. The second-order valence-electron chi connectivity index (χ2n) is 5.85. The maximum atomic E-state index is 12.9. The van der Waals surface area contributed by atoms with Gasteiger partial charge in [-0.3, -0.25) is 9.59 Å². The summed E-state index contributed by atoms with van der Waals surface area (Å²) in [6, 6.07) is 3.39. The molecular formula is C17H22N2O5. The summed E-state index contributed by atoms with van der Waals surface area (Å²) < 4.78 is 16.5. The minimum atomic E-state index is -0.0873. The molecule has 0 saturated carbocycles. The van der Waals surface area contributed by atoms with Crippen molar-refractivity contribution >= 4 is 11.8 Å².